The highest BCUT2D eigenvalue weighted by Crippen LogP contribution is 2.28. The number of fused-ring (bicyclic) bond motifs is 1. The number of ether oxygens (including phenoxy) is 1. The van der Waals surface area contributed by atoms with Crippen LogP contribution in [-0.4, -0.2) is 57.1 Å². The monoisotopic (exact) mass is 521 g/mol. The number of aromatic nitrogens is 1. The molecule has 1 saturated heterocycles. The number of carbonyl (C=O) groups excluding carboxylic acids is 1. The Kier molecular flexibility index (Phi) is 6.88. The van der Waals surface area contributed by atoms with E-state index in [9.17, 15) is 17.6 Å². The molecule has 192 valence electrons. The van der Waals surface area contributed by atoms with E-state index in [0.29, 0.717) is 42.6 Å². The first-order valence-electron chi connectivity index (χ1n) is 12.1. The van der Waals surface area contributed by atoms with Gasteiger partial charge in [-0.3, -0.25) is 4.79 Å². The molecule has 0 atom stereocenters. The summed E-state index contributed by atoms with van der Waals surface area (Å²) in [4.78, 5) is 17.4. The van der Waals surface area contributed by atoms with E-state index in [1.807, 2.05) is 41.3 Å². The maximum Gasteiger partial charge on any atom is 0.242 e. The maximum absolute atomic E-state index is 13.6. The first-order valence-corrected chi connectivity index (χ1v) is 13.7. The molecule has 0 spiro atoms. The Labute approximate surface area is 215 Å². The number of sulfone groups is 1. The van der Waals surface area contributed by atoms with Gasteiger partial charge >= 0.3 is 0 Å². The molecule has 5 rings (SSSR count). The van der Waals surface area contributed by atoms with Crippen molar-refractivity contribution in [3.8, 4) is 5.75 Å². The molecule has 0 aliphatic carbocycles. The summed E-state index contributed by atoms with van der Waals surface area (Å²) >= 11 is 0. The summed E-state index contributed by atoms with van der Waals surface area (Å²) in [5.74, 6) is -0.0640. The van der Waals surface area contributed by atoms with Crippen molar-refractivity contribution in [2.75, 3.05) is 38.2 Å². The second-order valence-electron chi connectivity index (χ2n) is 9.09. The minimum Gasteiger partial charge on any atom is -0.497 e. The Morgan fingerprint density at radius 1 is 0.946 bits per heavy atom. The van der Waals surface area contributed by atoms with Crippen LogP contribution >= 0.6 is 0 Å². The smallest absolute Gasteiger partial charge is 0.242 e. The Hall–Kier alpha value is -3.85. The Morgan fingerprint density at radius 3 is 2.38 bits per heavy atom. The summed E-state index contributed by atoms with van der Waals surface area (Å²) in [5.41, 5.74) is 2.13. The summed E-state index contributed by atoms with van der Waals surface area (Å²) < 4.78 is 47.1. The summed E-state index contributed by atoms with van der Waals surface area (Å²) in [7, 11) is -2.13. The summed E-state index contributed by atoms with van der Waals surface area (Å²) in [6.45, 7) is 2.61. The molecule has 37 heavy (non-hydrogen) atoms. The van der Waals surface area contributed by atoms with Gasteiger partial charge in [-0.05, 0) is 48.0 Å². The van der Waals surface area contributed by atoms with E-state index in [-0.39, 0.29) is 23.1 Å². The van der Waals surface area contributed by atoms with Crippen molar-refractivity contribution in [2.45, 2.75) is 17.2 Å². The molecule has 4 aromatic rings. The van der Waals surface area contributed by atoms with Crippen LogP contribution in [0, 0.1) is 5.82 Å². The number of carbonyl (C=O) groups is 1. The van der Waals surface area contributed by atoms with Gasteiger partial charge in [0.05, 0.1) is 17.8 Å². The molecule has 0 saturated carbocycles. The maximum atomic E-state index is 13.6. The van der Waals surface area contributed by atoms with E-state index in [1.54, 1.807) is 29.9 Å². The molecule has 2 heterocycles. The standard InChI is InChI=1S/C28H28FN3O4S/c1-36-24-11-9-23(10-12-24)30-13-15-31(16-14-30)28(33)19-32-18-27(25-7-2-3-8-26(25)32)37(34,35)20-21-5-4-6-22(29)17-21/h2-12,17-18H,13-16,19-20H2,1H3. The third-order valence-electron chi connectivity index (χ3n) is 6.71. The normalized spacial score (nSPS) is 14.2. The minimum atomic E-state index is -3.77. The molecule has 1 fully saturated rings. The fourth-order valence-corrected chi connectivity index (χ4v) is 6.34. The van der Waals surface area contributed by atoms with Gasteiger partial charge in [0.1, 0.15) is 18.1 Å². The highest BCUT2D eigenvalue weighted by molar-refractivity contribution is 7.90. The van der Waals surface area contributed by atoms with Gasteiger partial charge in [0, 0.05) is 49.0 Å². The van der Waals surface area contributed by atoms with Crippen molar-refractivity contribution in [3.05, 3.63) is 90.4 Å². The van der Waals surface area contributed by atoms with Crippen molar-refractivity contribution in [1.29, 1.82) is 0 Å². The number of rotatable bonds is 7. The molecule has 0 N–H and O–H groups in total. The van der Waals surface area contributed by atoms with Crippen LogP contribution < -0.4 is 9.64 Å². The zero-order valence-electron chi connectivity index (χ0n) is 20.5. The number of hydrogen-bond donors (Lipinski definition) is 0. The van der Waals surface area contributed by atoms with E-state index < -0.39 is 15.7 Å². The zero-order chi connectivity index (χ0) is 26.0. The van der Waals surface area contributed by atoms with Crippen LogP contribution in [0.5, 0.6) is 5.75 Å². The second kappa shape index (κ2) is 10.3. The fourth-order valence-electron chi connectivity index (χ4n) is 4.77. The van der Waals surface area contributed by atoms with E-state index in [2.05, 4.69) is 4.90 Å². The topological polar surface area (TPSA) is 71.8 Å². The molecule has 7 nitrogen and oxygen atoms in total. The Morgan fingerprint density at radius 2 is 1.68 bits per heavy atom. The van der Waals surface area contributed by atoms with E-state index in [4.69, 9.17) is 4.74 Å². The highest BCUT2D eigenvalue weighted by Gasteiger charge is 2.25. The van der Waals surface area contributed by atoms with Crippen molar-refractivity contribution in [3.63, 3.8) is 0 Å². The van der Waals surface area contributed by atoms with E-state index >= 15 is 0 Å². The van der Waals surface area contributed by atoms with E-state index in [1.165, 1.54) is 24.4 Å². The van der Waals surface area contributed by atoms with Crippen LogP contribution in [0.4, 0.5) is 10.1 Å². The Bertz CT molecular complexity index is 1520. The van der Waals surface area contributed by atoms with Crippen LogP contribution in [0.1, 0.15) is 5.56 Å². The largest absolute Gasteiger partial charge is 0.497 e. The lowest BCUT2D eigenvalue weighted by Crippen LogP contribution is -2.49. The fraction of sp³-hybridized carbons (Fsp3) is 0.250. The number of para-hydroxylation sites is 1. The SMILES string of the molecule is COc1ccc(N2CCN(C(=O)Cn3cc(S(=O)(=O)Cc4cccc(F)c4)c4ccccc43)CC2)cc1. The summed E-state index contributed by atoms with van der Waals surface area (Å²) in [6.07, 6.45) is 1.53. The predicted molar refractivity (Wildman–Crippen MR) is 141 cm³/mol. The number of amides is 1. The molecular weight excluding hydrogens is 493 g/mol. The number of benzene rings is 3. The Balaban J connectivity index is 1.31. The number of nitrogens with zero attached hydrogens (tertiary/aromatic N) is 3. The van der Waals surface area contributed by atoms with Crippen molar-refractivity contribution >= 4 is 32.3 Å². The quantitative estimate of drug-likeness (QED) is 0.366. The van der Waals surface area contributed by atoms with Crippen LogP contribution in [0.25, 0.3) is 10.9 Å². The van der Waals surface area contributed by atoms with Crippen LogP contribution in [0.3, 0.4) is 0 Å². The molecule has 3 aromatic carbocycles. The number of anilines is 1. The number of methoxy groups -OCH3 is 1. The zero-order valence-corrected chi connectivity index (χ0v) is 21.3. The molecule has 1 amide bonds. The summed E-state index contributed by atoms with van der Waals surface area (Å²) in [6, 6.07) is 20.6. The van der Waals surface area contributed by atoms with Gasteiger partial charge in [-0.15, -0.1) is 0 Å². The van der Waals surface area contributed by atoms with Crippen molar-refractivity contribution in [2.24, 2.45) is 0 Å². The summed E-state index contributed by atoms with van der Waals surface area (Å²) in [5, 5.41) is 0.552. The van der Waals surface area contributed by atoms with Crippen LogP contribution in [0.15, 0.2) is 83.9 Å². The van der Waals surface area contributed by atoms with E-state index in [0.717, 1.165) is 11.4 Å². The average Bonchev–Trinajstić information content (AvgIpc) is 3.28. The third-order valence-corrected chi connectivity index (χ3v) is 8.42. The van der Waals surface area contributed by atoms with Gasteiger partial charge in [-0.25, -0.2) is 12.8 Å². The van der Waals surface area contributed by atoms with Gasteiger partial charge in [0.15, 0.2) is 9.84 Å². The lowest BCUT2D eigenvalue weighted by molar-refractivity contribution is -0.132. The lowest BCUT2D eigenvalue weighted by atomic mass is 10.2. The first kappa shape index (κ1) is 24.8. The van der Waals surface area contributed by atoms with Gasteiger partial charge in [0.2, 0.25) is 5.91 Å². The van der Waals surface area contributed by atoms with Crippen LogP contribution in [-0.2, 0) is 26.9 Å². The molecule has 1 aliphatic heterocycles. The first-order chi connectivity index (χ1) is 17.8. The highest BCUT2D eigenvalue weighted by atomic mass is 32.2. The van der Waals surface area contributed by atoms with Gasteiger partial charge in [0.25, 0.3) is 0 Å². The average molecular weight is 522 g/mol. The molecule has 0 bridgehead atoms. The van der Waals surface area contributed by atoms with Crippen molar-refractivity contribution in [1.82, 2.24) is 9.47 Å². The molecule has 1 aliphatic rings. The molecule has 1 aromatic heterocycles. The van der Waals surface area contributed by atoms with Gasteiger partial charge in [-0.2, -0.15) is 0 Å². The number of piperazine rings is 1. The predicted octanol–water partition coefficient (Wildman–Crippen LogP) is 4.11. The van der Waals surface area contributed by atoms with Gasteiger partial charge < -0.3 is 19.1 Å². The van der Waals surface area contributed by atoms with Crippen molar-refractivity contribution < 1.29 is 22.3 Å². The second-order valence-corrected chi connectivity index (χ2v) is 11.1. The minimum absolute atomic E-state index is 0.0402. The molecule has 0 unspecified atom stereocenters. The molecular formula is C28H28FN3O4S. The lowest BCUT2D eigenvalue weighted by Gasteiger charge is -2.36. The number of hydrogen-bond acceptors (Lipinski definition) is 5. The van der Waals surface area contributed by atoms with Crippen LogP contribution in [0.2, 0.25) is 0 Å². The molecule has 0 radical (unpaired) electrons. The van der Waals surface area contributed by atoms with Gasteiger partial charge in [-0.1, -0.05) is 30.3 Å². The number of halogens is 1. The molecule has 9 heteroatoms. The third kappa shape index (κ3) is 5.32.